The molecule has 1 N–H and O–H groups in total. The zero-order valence-electron chi connectivity index (χ0n) is 13.9. The summed E-state index contributed by atoms with van der Waals surface area (Å²) in [5, 5.41) is 0. The fourth-order valence-electron chi connectivity index (χ4n) is 2.70. The van der Waals surface area contributed by atoms with Gasteiger partial charge in [-0.15, -0.1) is 0 Å². The van der Waals surface area contributed by atoms with E-state index in [2.05, 4.69) is 4.72 Å². The first-order chi connectivity index (χ1) is 11.8. The molecule has 2 aliphatic heterocycles. The third kappa shape index (κ3) is 3.49. The molecule has 0 aromatic heterocycles. The molecule has 25 heavy (non-hydrogen) atoms. The summed E-state index contributed by atoms with van der Waals surface area (Å²) in [6.07, 6.45) is 3.64. The molecule has 132 valence electrons. The van der Waals surface area contributed by atoms with E-state index in [4.69, 9.17) is 4.74 Å². The van der Waals surface area contributed by atoms with Crippen molar-refractivity contribution in [3.63, 3.8) is 0 Å². The number of hydrogen-bond acceptors (Lipinski definition) is 5. The zero-order valence-corrected chi connectivity index (χ0v) is 14.7. The monoisotopic (exact) mass is 362 g/mol. The second-order valence-electron chi connectivity index (χ2n) is 6.06. The lowest BCUT2D eigenvalue weighted by Gasteiger charge is -2.26. The molecule has 0 saturated carbocycles. The van der Waals surface area contributed by atoms with Gasteiger partial charge < -0.3 is 9.64 Å². The van der Waals surface area contributed by atoms with Crippen molar-refractivity contribution in [2.45, 2.75) is 31.2 Å². The van der Waals surface area contributed by atoms with Crippen LogP contribution < -0.4 is 4.72 Å². The summed E-state index contributed by atoms with van der Waals surface area (Å²) in [6.45, 7) is 3.89. The van der Waals surface area contributed by atoms with Gasteiger partial charge in [-0.05, 0) is 50.6 Å². The van der Waals surface area contributed by atoms with Gasteiger partial charge in [0.25, 0.3) is 5.91 Å². The first kappa shape index (κ1) is 17.4. The maximum Gasteiger partial charge on any atom is 0.338 e. The lowest BCUT2D eigenvalue weighted by Crippen LogP contribution is -2.33. The van der Waals surface area contributed by atoms with E-state index in [0.717, 1.165) is 0 Å². The summed E-state index contributed by atoms with van der Waals surface area (Å²) in [7, 11) is -3.61. The largest absolute Gasteiger partial charge is 0.421 e. The van der Waals surface area contributed by atoms with Crippen LogP contribution in [0.4, 0.5) is 0 Å². The number of esters is 1. The van der Waals surface area contributed by atoms with Gasteiger partial charge in [0.15, 0.2) is 5.76 Å². The Kier molecular flexibility index (Phi) is 4.49. The fraction of sp³-hybridized carbons (Fsp3) is 0.294. The van der Waals surface area contributed by atoms with Crippen LogP contribution in [0.3, 0.4) is 0 Å². The van der Waals surface area contributed by atoms with Crippen LogP contribution in [0.2, 0.25) is 0 Å². The van der Waals surface area contributed by atoms with Crippen molar-refractivity contribution < 1.29 is 22.7 Å². The van der Waals surface area contributed by atoms with Crippen molar-refractivity contribution >= 4 is 21.9 Å². The second kappa shape index (κ2) is 6.45. The van der Waals surface area contributed by atoms with Crippen LogP contribution in [0.25, 0.3) is 0 Å². The molecule has 1 amide bonds. The number of carbonyl (C=O) groups is 2. The van der Waals surface area contributed by atoms with Gasteiger partial charge in [-0.1, -0.05) is 0 Å². The molecule has 7 nitrogen and oxygen atoms in total. The minimum atomic E-state index is -3.61. The maximum atomic E-state index is 12.7. The van der Waals surface area contributed by atoms with Gasteiger partial charge >= 0.3 is 5.97 Å². The molecule has 8 heteroatoms. The van der Waals surface area contributed by atoms with E-state index in [1.165, 1.54) is 35.2 Å². The highest BCUT2D eigenvalue weighted by Crippen LogP contribution is 2.29. The number of hydrogen-bond donors (Lipinski definition) is 1. The molecular formula is C17H18N2O5S. The van der Waals surface area contributed by atoms with E-state index < -0.39 is 16.0 Å². The molecule has 0 spiro atoms. The number of rotatable bonds is 4. The molecule has 0 unspecified atom stereocenters. The van der Waals surface area contributed by atoms with Gasteiger partial charge in [0.05, 0.1) is 16.7 Å². The molecule has 1 aromatic rings. The van der Waals surface area contributed by atoms with Gasteiger partial charge in [0.1, 0.15) is 0 Å². The van der Waals surface area contributed by atoms with Crippen LogP contribution in [0, 0.1) is 0 Å². The van der Waals surface area contributed by atoms with Crippen LogP contribution >= 0.6 is 0 Å². The molecule has 0 saturated heterocycles. The van der Waals surface area contributed by atoms with E-state index in [0.29, 0.717) is 30.0 Å². The van der Waals surface area contributed by atoms with Crippen molar-refractivity contribution in [3.8, 4) is 0 Å². The Morgan fingerprint density at radius 1 is 1.24 bits per heavy atom. The Hall–Kier alpha value is -2.45. The van der Waals surface area contributed by atoms with Gasteiger partial charge in [0, 0.05) is 18.2 Å². The summed E-state index contributed by atoms with van der Waals surface area (Å²) in [5.41, 5.74) is 0.782. The van der Waals surface area contributed by atoms with Crippen LogP contribution in [-0.2, 0) is 19.6 Å². The lowest BCUT2D eigenvalue weighted by molar-refractivity contribution is -0.132. The molecule has 2 heterocycles. The second-order valence-corrected chi connectivity index (χ2v) is 7.78. The quantitative estimate of drug-likeness (QED) is 0.820. The molecular weight excluding hydrogens is 344 g/mol. The summed E-state index contributed by atoms with van der Waals surface area (Å²) >= 11 is 0. The summed E-state index contributed by atoms with van der Waals surface area (Å²) in [4.78, 5) is 25.7. The third-order valence-electron chi connectivity index (χ3n) is 3.74. The third-order valence-corrected chi connectivity index (χ3v) is 5.41. The van der Waals surface area contributed by atoms with Crippen LogP contribution in [0.1, 0.15) is 30.6 Å². The maximum absolute atomic E-state index is 12.7. The molecule has 1 aromatic carbocycles. The summed E-state index contributed by atoms with van der Waals surface area (Å²) in [6, 6.07) is 5.49. The highest BCUT2D eigenvalue weighted by Gasteiger charge is 2.31. The Morgan fingerprint density at radius 3 is 2.56 bits per heavy atom. The molecule has 0 atom stereocenters. The topological polar surface area (TPSA) is 92.8 Å². The van der Waals surface area contributed by atoms with Gasteiger partial charge in [-0.2, -0.15) is 0 Å². The van der Waals surface area contributed by atoms with Gasteiger partial charge in [0.2, 0.25) is 10.0 Å². The minimum absolute atomic E-state index is 0.0931. The number of benzene rings is 1. The average molecular weight is 362 g/mol. The number of fused-ring (bicyclic) bond motifs is 1. The molecule has 0 bridgehead atoms. The number of ether oxygens (including phenoxy) is 1. The SMILES string of the molecule is CC(C)NS(=O)(=O)c1ccc(C(=O)N2CCC=C3OC(=O)C=C32)cc1. The Labute approximate surface area is 146 Å². The Morgan fingerprint density at radius 2 is 1.92 bits per heavy atom. The summed E-state index contributed by atoms with van der Waals surface area (Å²) < 4.78 is 31.8. The smallest absolute Gasteiger partial charge is 0.338 e. The van der Waals surface area contributed by atoms with Gasteiger partial charge in [-0.25, -0.2) is 17.9 Å². The van der Waals surface area contributed by atoms with Crippen molar-refractivity contribution in [1.82, 2.24) is 9.62 Å². The lowest BCUT2D eigenvalue weighted by atomic mass is 10.1. The minimum Gasteiger partial charge on any atom is -0.421 e. The van der Waals surface area contributed by atoms with Crippen LogP contribution in [0.5, 0.6) is 0 Å². The molecule has 0 aliphatic carbocycles. The Bertz CT molecular complexity index is 882. The highest BCUT2D eigenvalue weighted by atomic mass is 32.2. The number of carbonyl (C=O) groups excluding carboxylic acids is 2. The summed E-state index contributed by atoms with van der Waals surface area (Å²) in [5.74, 6) is -0.414. The highest BCUT2D eigenvalue weighted by molar-refractivity contribution is 7.89. The van der Waals surface area contributed by atoms with E-state index in [9.17, 15) is 18.0 Å². The first-order valence-corrected chi connectivity index (χ1v) is 9.34. The van der Waals surface area contributed by atoms with E-state index in [1.54, 1.807) is 19.9 Å². The van der Waals surface area contributed by atoms with E-state index in [1.807, 2.05) is 0 Å². The van der Waals surface area contributed by atoms with Crippen molar-refractivity contribution in [3.05, 3.63) is 53.4 Å². The predicted octanol–water partition coefficient (Wildman–Crippen LogP) is 1.54. The van der Waals surface area contributed by atoms with Crippen molar-refractivity contribution in [2.75, 3.05) is 6.54 Å². The number of sulfonamides is 1. The molecule has 0 fully saturated rings. The standard InChI is InChI=1S/C17H18N2O5S/c1-11(2)18-25(22,23)13-7-5-12(6-8-13)17(21)19-9-3-4-15-14(19)10-16(20)24-15/h4-8,10-11,18H,3,9H2,1-2H3. The van der Waals surface area contributed by atoms with Crippen molar-refractivity contribution in [2.24, 2.45) is 0 Å². The number of nitrogens with one attached hydrogen (secondary N) is 1. The average Bonchev–Trinajstić information content (AvgIpc) is 2.93. The van der Waals surface area contributed by atoms with Gasteiger partial charge in [-0.3, -0.25) is 4.79 Å². The van der Waals surface area contributed by atoms with Crippen molar-refractivity contribution in [1.29, 1.82) is 0 Å². The predicted molar refractivity (Wildman–Crippen MR) is 89.8 cm³/mol. The van der Waals surface area contributed by atoms with E-state index in [-0.39, 0.29) is 16.8 Å². The van der Waals surface area contributed by atoms with Crippen LogP contribution in [0.15, 0.2) is 52.8 Å². The van der Waals surface area contributed by atoms with Crippen LogP contribution in [-0.4, -0.2) is 37.8 Å². The Balaban J connectivity index is 1.83. The zero-order chi connectivity index (χ0) is 18.2. The molecule has 2 aliphatic rings. The number of amides is 1. The first-order valence-electron chi connectivity index (χ1n) is 7.86. The molecule has 0 radical (unpaired) electrons. The normalized spacial score (nSPS) is 17.1. The molecule has 3 rings (SSSR count). The van der Waals surface area contributed by atoms with E-state index >= 15 is 0 Å². The number of nitrogens with zero attached hydrogens (tertiary/aromatic N) is 1. The fourth-order valence-corrected chi connectivity index (χ4v) is 3.95.